The lowest BCUT2D eigenvalue weighted by Gasteiger charge is -2.11. The second kappa shape index (κ2) is 8.90. The maximum absolute atomic E-state index is 13.2. The van der Waals surface area contributed by atoms with Crippen molar-refractivity contribution in [3.63, 3.8) is 0 Å². The predicted molar refractivity (Wildman–Crippen MR) is 107 cm³/mol. The number of nitrogens with two attached hydrogens (primary N) is 1. The molecule has 4 N–H and O–H groups in total. The van der Waals surface area contributed by atoms with E-state index in [0.29, 0.717) is 17.2 Å². The SMILES string of the molecule is COc1ccc(NC(=O)Cn2nnc(C(=O)Nc3cccc(F)c3)c2N)cc1OC. The second-order valence-corrected chi connectivity index (χ2v) is 6.06. The van der Waals surface area contributed by atoms with Crippen LogP contribution < -0.4 is 25.8 Å². The summed E-state index contributed by atoms with van der Waals surface area (Å²) in [5.74, 6) is -0.764. The summed E-state index contributed by atoms with van der Waals surface area (Å²) in [7, 11) is 2.99. The van der Waals surface area contributed by atoms with E-state index in [-0.39, 0.29) is 23.7 Å². The minimum Gasteiger partial charge on any atom is -0.493 e. The molecular formula is C19H19FN6O4. The fraction of sp³-hybridized carbons (Fsp3) is 0.158. The number of hydrogen-bond acceptors (Lipinski definition) is 7. The van der Waals surface area contributed by atoms with Crippen LogP contribution >= 0.6 is 0 Å². The Morgan fingerprint density at radius 2 is 1.80 bits per heavy atom. The Morgan fingerprint density at radius 1 is 1.07 bits per heavy atom. The van der Waals surface area contributed by atoms with Gasteiger partial charge in [0, 0.05) is 17.4 Å². The van der Waals surface area contributed by atoms with E-state index in [9.17, 15) is 14.0 Å². The summed E-state index contributed by atoms with van der Waals surface area (Å²) in [4.78, 5) is 24.6. The molecule has 0 fully saturated rings. The monoisotopic (exact) mass is 414 g/mol. The molecule has 0 unspecified atom stereocenters. The van der Waals surface area contributed by atoms with Crippen LogP contribution in [0.2, 0.25) is 0 Å². The summed E-state index contributed by atoms with van der Waals surface area (Å²) in [6.07, 6.45) is 0. The number of nitrogens with zero attached hydrogens (tertiary/aromatic N) is 3. The average molecular weight is 414 g/mol. The molecule has 1 heterocycles. The van der Waals surface area contributed by atoms with Crippen LogP contribution in [0.5, 0.6) is 11.5 Å². The number of methoxy groups -OCH3 is 2. The number of benzene rings is 2. The first-order chi connectivity index (χ1) is 14.4. The zero-order valence-electron chi connectivity index (χ0n) is 16.2. The first kappa shape index (κ1) is 20.6. The van der Waals surface area contributed by atoms with Crippen molar-refractivity contribution < 1.29 is 23.5 Å². The van der Waals surface area contributed by atoms with Gasteiger partial charge < -0.3 is 25.8 Å². The highest BCUT2D eigenvalue weighted by Crippen LogP contribution is 2.29. The molecular weight excluding hydrogens is 395 g/mol. The zero-order chi connectivity index (χ0) is 21.7. The third-order valence-electron chi connectivity index (χ3n) is 4.03. The number of rotatable bonds is 7. The van der Waals surface area contributed by atoms with Gasteiger partial charge in [0.25, 0.3) is 5.91 Å². The number of carbonyl (C=O) groups is 2. The molecule has 30 heavy (non-hydrogen) atoms. The smallest absolute Gasteiger partial charge is 0.280 e. The van der Waals surface area contributed by atoms with Crippen molar-refractivity contribution in [2.75, 3.05) is 30.6 Å². The summed E-state index contributed by atoms with van der Waals surface area (Å²) in [5.41, 5.74) is 6.43. The van der Waals surface area contributed by atoms with Gasteiger partial charge in [-0.2, -0.15) is 0 Å². The minimum absolute atomic E-state index is 0.105. The number of anilines is 3. The molecule has 2 amide bonds. The van der Waals surface area contributed by atoms with Crippen LogP contribution in [0.4, 0.5) is 21.6 Å². The van der Waals surface area contributed by atoms with E-state index in [1.807, 2.05) is 0 Å². The van der Waals surface area contributed by atoms with E-state index >= 15 is 0 Å². The lowest BCUT2D eigenvalue weighted by Crippen LogP contribution is -2.21. The Hall–Kier alpha value is -4.15. The standard InChI is InChI=1S/C19H19FN6O4/c1-29-14-7-6-13(9-15(14)30-2)22-16(27)10-26-18(21)17(24-25-26)19(28)23-12-5-3-4-11(20)8-12/h3-9H,10,21H2,1-2H3,(H,22,27)(H,23,28). The van der Waals surface area contributed by atoms with Gasteiger partial charge in [-0.3, -0.25) is 9.59 Å². The van der Waals surface area contributed by atoms with Crippen molar-refractivity contribution in [1.82, 2.24) is 15.0 Å². The number of carbonyl (C=O) groups excluding carboxylic acids is 2. The number of amides is 2. The summed E-state index contributed by atoms with van der Waals surface area (Å²) in [6.45, 7) is -0.277. The largest absolute Gasteiger partial charge is 0.493 e. The van der Waals surface area contributed by atoms with Gasteiger partial charge in [-0.1, -0.05) is 11.3 Å². The molecule has 0 saturated carbocycles. The molecule has 11 heteroatoms. The summed E-state index contributed by atoms with van der Waals surface area (Å²) >= 11 is 0. The fourth-order valence-corrected chi connectivity index (χ4v) is 2.61. The van der Waals surface area contributed by atoms with Crippen LogP contribution in [-0.2, 0) is 11.3 Å². The van der Waals surface area contributed by atoms with Crippen LogP contribution in [0.25, 0.3) is 0 Å². The third kappa shape index (κ3) is 4.63. The normalized spacial score (nSPS) is 10.4. The van der Waals surface area contributed by atoms with Gasteiger partial charge in [0.1, 0.15) is 12.4 Å². The molecule has 0 bridgehead atoms. The zero-order valence-corrected chi connectivity index (χ0v) is 16.2. The lowest BCUT2D eigenvalue weighted by atomic mass is 10.2. The molecule has 2 aromatic carbocycles. The van der Waals surface area contributed by atoms with Crippen LogP contribution in [0, 0.1) is 5.82 Å². The molecule has 0 atom stereocenters. The maximum Gasteiger partial charge on any atom is 0.280 e. The molecule has 0 saturated heterocycles. The summed E-state index contributed by atoms with van der Waals surface area (Å²) < 4.78 is 24.7. The summed E-state index contributed by atoms with van der Waals surface area (Å²) in [5, 5.41) is 12.6. The van der Waals surface area contributed by atoms with Crippen LogP contribution in [0.15, 0.2) is 42.5 Å². The number of nitrogens with one attached hydrogen (secondary N) is 2. The van der Waals surface area contributed by atoms with Gasteiger partial charge in [0.2, 0.25) is 5.91 Å². The van der Waals surface area contributed by atoms with Crippen LogP contribution in [-0.4, -0.2) is 41.0 Å². The molecule has 0 radical (unpaired) electrons. The van der Waals surface area contributed by atoms with Crippen molar-refractivity contribution in [2.45, 2.75) is 6.54 Å². The van der Waals surface area contributed by atoms with Gasteiger partial charge in [-0.25, -0.2) is 9.07 Å². The molecule has 0 aliphatic carbocycles. The van der Waals surface area contributed by atoms with Crippen molar-refractivity contribution in [2.24, 2.45) is 0 Å². The van der Waals surface area contributed by atoms with Gasteiger partial charge in [-0.15, -0.1) is 5.10 Å². The van der Waals surface area contributed by atoms with Crippen LogP contribution in [0.3, 0.4) is 0 Å². The number of ether oxygens (including phenoxy) is 2. The topological polar surface area (TPSA) is 133 Å². The molecule has 0 aliphatic rings. The van der Waals surface area contributed by atoms with E-state index in [1.54, 1.807) is 18.2 Å². The lowest BCUT2D eigenvalue weighted by molar-refractivity contribution is -0.116. The highest BCUT2D eigenvalue weighted by atomic mass is 19.1. The fourth-order valence-electron chi connectivity index (χ4n) is 2.61. The van der Waals surface area contributed by atoms with E-state index < -0.39 is 17.6 Å². The van der Waals surface area contributed by atoms with E-state index in [0.717, 1.165) is 10.7 Å². The third-order valence-corrected chi connectivity index (χ3v) is 4.03. The maximum atomic E-state index is 13.2. The Bertz CT molecular complexity index is 1080. The Kier molecular flexibility index (Phi) is 6.11. The van der Waals surface area contributed by atoms with Gasteiger partial charge >= 0.3 is 0 Å². The van der Waals surface area contributed by atoms with Crippen molar-refractivity contribution >= 4 is 29.0 Å². The van der Waals surface area contributed by atoms with Crippen molar-refractivity contribution in [1.29, 1.82) is 0 Å². The van der Waals surface area contributed by atoms with Crippen LogP contribution in [0.1, 0.15) is 10.5 Å². The minimum atomic E-state index is -0.676. The van der Waals surface area contributed by atoms with E-state index in [2.05, 4.69) is 20.9 Å². The highest BCUT2D eigenvalue weighted by molar-refractivity contribution is 6.05. The quantitative estimate of drug-likeness (QED) is 0.538. The number of nitrogen functional groups attached to an aromatic ring is 1. The number of hydrogen-bond donors (Lipinski definition) is 3. The first-order valence-corrected chi connectivity index (χ1v) is 8.69. The molecule has 156 valence electrons. The molecule has 0 spiro atoms. The Labute approximate surface area is 170 Å². The molecule has 3 rings (SSSR count). The van der Waals surface area contributed by atoms with E-state index in [1.165, 1.54) is 32.4 Å². The highest BCUT2D eigenvalue weighted by Gasteiger charge is 2.19. The number of aromatic nitrogens is 3. The van der Waals surface area contributed by atoms with Gasteiger partial charge in [0.05, 0.1) is 14.2 Å². The number of halogens is 1. The Balaban J connectivity index is 1.67. The second-order valence-electron chi connectivity index (χ2n) is 6.06. The first-order valence-electron chi connectivity index (χ1n) is 8.69. The van der Waals surface area contributed by atoms with E-state index in [4.69, 9.17) is 15.2 Å². The van der Waals surface area contributed by atoms with Gasteiger partial charge in [-0.05, 0) is 30.3 Å². The Morgan fingerprint density at radius 3 is 2.50 bits per heavy atom. The predicted octanol–water partition coefficient (Wildman–Crippen LogP) is 1.91. The average Bonchev–Trinajstić information content (AvgIpc) is 3.08. The summed E-state index contributed by atoms with van der Waals surface area (Å²) in [6, 6.07) is 10.2. The molecule has 3 aromatic rings. The molecule has 10 nitrogen and oxygen atoms in total. The van der Waals surface area contributed by atoms with Crippen molar-refractivity contribution in [3.8, 4) is 11.5 Å². The molecule has 1 aromatic heterocycles. The van der Waals surface area contributed by atoms with Gasteiger partial charge in [0.15, 0.2) is 23.0 Å². The van der Waals surface area contributed by atoms with Crippen molar-refractivity contribution in [3.05, 3.63) is 54.0 Å². The molecule has 0 aliphatic heterocycles.